The van der Waals surface area contributed by atoms with Crippen molar-refractivity contribution in [2.24, 2.45) is 21.7 Å². The molecule has 2 aliphatic rings. The summed E-state index contributed by atoms with van der Waals surface area (Å²) < 4.78 is 0. The summed E-state index contributed by atoms with van der Waals surface area (Å²) in [4.78, 5) is 192. The van der Waals surface area contributed by atoms with Crippen molar-refractivity contribution in [2.45, 2.75) is 109 Å². The van der Waals surface area contributed by atoms with Crippen molar-refractivity contribution in [1.82, 2.24) is 30.0 Å². The molecule has 0 spiro atoms. The molecule has 0 radical (unpaired) electrons. The molecule has 28 heteroatoms. The van der Waals surface area contributed by atoms with E-state index in [0.717, 1.165) is 10.0 Å². The molecule has 0 unspecified atom stereocenters. The maximum atomic E-state index is 16.0. The number of hydrogen-bond donors (Lipinski definition) is 10. The van der Waals surface area contributed by atoms with Crippen LogP contribution in [0.1, 0.15) is 214 Å². The number of carbonyl (C=O) groups excluding carboxylic acids is 12. The quantitative estimate of drug-likeness (QED) is 0.0147. The Labute approximate surface area is 735 Å². The van der Waals surface area contributed by atoms with E-state index in [4.69, 9.17) is 0 Å². The number of anilines is 10. The van der Waals surface area contributed by atoms with E-state index in [1.165, 1.54) is 60.7 Å². The molecule has 2 aliphatic heterocycles. The highest BCUT2D eigenvalue weighted by Crippen LogP contribution is 2.49. The first-order chi connectivity index (χ1) is 60.8. The van der Waals surface area contributed by atoms with Gasteiger partial charge in [-0.2, -0.15) is 10.0 Å². The summed E-state index contributed by atoms with van der Waals surface area (Å²) in [6, 6.07) is 54.2. The third-order valence-corrected chi connectivity index (χ3v) is 20.3. The number of nitrogens with zero attached hydrogens (tertiary/aromatic N) is 6. The standard InChI is InChI=1S/C100H88N16O12/c1-97(2,3)51-79(117)105-71-27-19-31-75(101-71)109-89(121)59-43-60(90(122)110-76-32-20-28-72(102-76)106-80(118)52-98(4,5)6)46-63(45-59)113-115-93(125)67-41-39-65-84-58(38-36-56-25-17-14-18-26-56)50-70-86-68(42-40-66(88(84)86)83-57(37-35-55-23-15-13-16-24-55)49-69(95(115)127)85(67)87(65)83)94(126)116(96(70)128)114-64-47-61(91(123)111-77-33-21-29-73(103-77)107-81(119)53-99(7,8)9)44-62(48-64)92(124)112-78-34-22-30-74(104-78)108-82(120)54-100(10,11)12/h13-34,39-50,113-114H,51-54H2,1-12H3,(H2,101,105,109,117,121)(H2,102,106,110,118,122)(H2,103,107,111,119,123)(H2,104,108,112,120,124). The first-order valence-electron chi connectivity index (χ1n) is 41.1. The van der Waals surface area contributed by atoms with Crippen LogP contribution in [0.5, 0.6) is 0 Å². The lowest BCUT2D eigenvalue weighted by Crippen LogP contribution is -2.44. The molecule has 0 saturated carbocycles. The summed E-state index contributed by atoms with van der Waals surface area (Å²) in [6.07, 6.45) is 0.691. The molecular weight excluding hydrogens is 1620 g/mol. The van der Waals surface area contributed by atoms with Gasteiger partial charge in [0, 0.05) is 103 Å². The Bertz CT molecular complexity index is 6370. The number of nitrogens with one attached hydrogen (secondary N) is 10. The Morgan fingerprint density at radius 1 is 0.273 bits per heavy atom. The number of benzene rings is 9. The Kier molecular flexibility index (Phi) is 23.5. The summed E-state index contributed by atoms with van der Waals surface area (Å²) in [5, 5.41) is 26.5. The SMILES string of the molecule is CC(C)(C)CC(=O)Nc1cccc(NC(=O)c2cc(NN3C(=O)c4ccc5c6c(C#Cc7ccccc7)cc7c8c(ccc(c9c(C#Cc%10ccccc%10)cc(c4c59)C3=O)c86)C(=O)N(Nc3cc(C(=O)Nc4cccc(NC(=O)CC(C)(C)C)n4)cc(C(=O)Nc4cccc(NC(=O)CC(C)(C)C)n4)c3)C7=O)cc(C(=O)Nc3cccc(NC(=O)CC(C)(C)C)n3)c2)n1. The smallest absolute Gasteiger partial charge is 0.280 e. The Hall–Kier alpha value is -16.4. The molecule has 0 atom stereocenters. The van der Waals surface area contributed by atoms with E-state index in [0.29, 0.717) is 43.4 Å². The number of amides is 12. The summed E-state index contributed by atoms with van der Waals surface area (Å²) in [5.74, 6) is 6.01. The molecule has 128 heavy (non-hydrogen) atoms. The van der Waals surface area contributed by atoms with Crippen LogP contribution in [0.25, 0.3) is 43.1 Å². The summed E-state index contributed by atoms with van der Waals surface area (Å²) in [5.41, 5.74) is 5.41. The number of imide groups is 2. The first-order valence-corrected chi connectivity index (χ1v) is 41.1. The van der Waals surface area contributed by atoms with Gasteiger partial charge in [0.1, 0.15) is 46.5 Å². The van der Waals surface area contributed by atoms with E-state index < -0.39 is 47.3 Å². The molecule has 0 saturated heterocycles. The number of hydrogen-bond acceptors (Lipinski definition) is 18. The van der Waals surface area contributed by atoms with Crippen LogP contribution in [0.4, 0.5) is 57.9 Å². The highest BCUT2D eigenvalue weighted by Gasteiger charge is 2.40. The summed E-state index contributed by atoms with van der Waals surface area (Å²) in [6.45, 7) is 22.9. The average Bonchev–Trinajstić information content (AvgIpc) is 0.679. The lowest BCUT2D eigenvalue weighted by atomic mass is 9.79. The van der Waals surface area contributed by atoms with Crippen molar-refractivity contribution in [3.8, 4) is 23.7 Å². The van der Waals surface area contributed by atoms with Gasteiger partial charge in [-0.15, -0.1) is 0 Å². The highest BCUT2D eigenvalue weighted by molar-refractivity contribution is 6.43. The number of pyridine rings is 4. The number of hydrazine groups is 2. The molecule has 0 aliphatic carbocycles. The minimum absolute atomic E-state index is 0.0101. The fraction of sp³-hybridized carbons (Fsp3) is 0.200. The highest BCUT2D eigenvalue weighted by atomic mass is 16.2. The fourth-order valence-corrected chi connectivity index (χ4v) is 15.1. The van der Waals surface area contributed by atoms with Crippen molar-refractivity contribution in [3.05, 3.63) is 273 Å². The number of carbonyl (C=O) groups is 12. The molecule has 9 aromatic carbocycles. The third-order valence-electron chi connectivity index (χ3n) is 20.3. The van der Waals surface area contributed by atoms with E-state index in [1.807, 2.05) is 119 Å². The van der Waals surface area contributed by atoms with Crippen LogP contribution in [0.3, 0.4) is 0 Å². The van der Waals surface area contributed by atoms with Crippen LogP contribution in [0, 0.1) is 45.3 Å². The predicted octanol–water partition coefficient (Wildman–Crippen LogP) is 17.9. The van der Waals surface area contributed by atoms with Gasteiger partial charge in [0.2, 0.25) is 23.6 Å². The second kappa shape index (κ2) is 34.7. The van der Waals surface area contributed by atoms with Gasteiger partial charge in [0.05, 0.1) is 33.6 Å². The molecule has 6 heterocycles. The molecule has 10 N–H and O–H groups in total. The molecule has 4 aromatic heterocycles. The van der Waals surface area contributed by atoms with Crippen molar-refractivity contribution in [3.63, 3.8) is 0 Å². The third kappa shape index (κ3) is 19.8. The minimum atomic E-state index is -0.886. The van der Waals surface area contributed by atoms with Gasteiger partial charge in [-0.05, 0) is 166 Å². The van der Waals surface area contributed by atoms with E-state index in [1.54, 1.807) is 109 Å². The van der Waals surface area contributed by atoms with Gasteiger partial charge < -0.3 is 42.5 Å². The lowest BCUT2D eigenvalue weighted by Gasteiger charge is -2.31. The Morgan fingerprint density at radius 2 is 0.531 bits per heavy atom. The Balaban J connectivity index is 0.830. The molecular formula is C100H88N16O12. The molecule has 0 bridgehead atoms. The average molecular weight is 1710 g/mol. The van der Waals surface area contributed by atoms with Crippen LogP contribution in [-0.4, -0.2) is 101 Å². The molecule has 12 amide bonds. The molecule has 13 aromatic rings. The van der Waals surface area contributed by atoms with Crippen LogP contribution < -0.4 is 53.4 Å². The number of fused-ring (bicyclic) bond motifs is 2. The van der Waals surface area contributed by atoms with Gasteiger partial charge in [-0.25, -0.2) is 19.9 Å². The topological polar surface area (TPSA) is 383 Å². The first kappa shape index (κ1) is 86.6. The second-order valence-corrected chi connectivity index (χ2v) is 36.1. The van der Waals surface area contributed by atoms with Gasteiger partial charge in [-0.1, -0.05) is 180 Å². The molecule has 0 fully saturated rings. The van der Waals surface area contributed by atoms with Gasteiger partial charge >= 0.3 is 0 Å². The van der Waals surface area contributed by atoms with Crippen molar-refractivity contribution >= 4 is 172 Å². The molecule has 640 valence electrons. The molecule has 15 rings (SSSR count). The van der Waals surface area contributed by atoms with Gasteiger partial charge in [0.15, 0.2) is 0 Å². The summed E-state index contributed by atoms with van der Waals surface area (Å²) in [7, 11) is 0. The van der Waals surface area contributed by atoms with Crippen molar-refractivity contribution in [2.75, 3.05) is 53.4 Å². The number of aromatic nitrogens is 4. The fourth-order valence-electron chi connectivity index (χ4n) is 15.1. The minimum Gasteiger partial charge on any atom is -0.311 e. The van der Waals surface area contributed by atoms with E-state index in [2.05, 4.69) is 97.0 Å². The predicted molar refractivity (Wildman–Crippen MR) is 493 cm³/mol. The van der Waals surface area contributed by atoms with E-state index >= 15 is 19.2 Å². The summed E-state index contributed by atoms with van der Waals surface area (Å²) >= 11 is 0. The van der Waals surface area contributed by atoms with Gasteiger partial charge in [0.25, 0.3) is 47.3 Å². The lowest BCUT2D eigenvalue weighted by molar-refractivity contribution is -0.118. The largest absolute Gasteiger partial charge is 0.311 e. The normalized spacial score (nSPS) is 12.5. The maximum absolute atomic E-state index is 16.0. The second-order valence-electron chi connectivity index (χ2n) is 36.1. The van der Waals surface area contributed by atoms with Crippen molar-refractivity contribution < 1.29 is 57.5 Å². The molecule has 28 nitrogen and oxygen atoms in total. The zero-order valence-electron chi connectivity index (χ0n) is 72.0. The monoisotopic (exact) mass is 1700 g/mol. The van der Waals surface area contributed by atoms with Crippen LogP contribution in [-0.2, 0) is 19.2 Å². The van der Waals surface area contributed by atoms with E-state index in [9.17, 15) is 38.4 Å². The van der Waals surface area contributed by atoms with E-state index in [-0.39, 0.29) is 195 Å². The van der Waals surface area contributed by atoms with Crippen LogP contribution >= 0.6 is 0 Å². The number of rotatable bonds is 20. The zero-order chi connectivity index (χ0) is 91.0. The Morgan fingerprint density at radius 3 is 0.797 bits per heavy atom. The van der Waals surface area contributed by atoms with Crippen LogP contribution in [0.2, 0.25) is 0 Å². The van der Waals surface area contributed by atoms with Gasteiger partial charge in [-0.3, -0.25) is 68.4 Å². The maximum Gasteiger partial charge on any atom is 0.280 e. The van der Waals surface area contributed by atoms with Crippen LogP contribution in [0.15, 0.2) is 206 Å². The zero-order valence-corrected chi connectivity index (χ0v) is 72.0. The van der Waals surface area contributed by atoms with Crippen molar-refractivity contribution in [1.29, 1.82) is 0 Å².